The zero-order chi connectivity index (χ0) is 59.3. The highest BCUT2D eigenvalue weighted by Gasteiger charge is 2.35. The number of aromatic amines is 1. The van der Waals surface area contributed by atoms with Gasteiger partial charge >= 0.3 is 0 Å². The summed E-state index contributed by atoms with van der Waals surface area (Å²) in [7, 11) is 2.07. The normalized spacial score (nSPS) is 20.9. The van der Waals surface area contributed by atoms with E-state index in [9.17, 15) is 48.9 Å². The fourth-order valence-corrected chi connectivity index (χ4v) is 10.3. The molecule has 81 heavy (non-hydrogen) atoms. The van der Waals surface area contributed by atoms with Crippen molar-refractivity contribution in [1.29, 1.82) is 0 Å². The van der Waals surface area contributed by atoms with E-state index >= 15 is 0 Å². The lowest BCUT2D eigenvalue weighted by atomic mass is 9.99. The Labute approximate surface area is 479 Å². The molecule has 4 aromatic rings. The van der Waals surface area contributed by atoms with Crippen LogP contribution in [0.4, 0.5) is 0 Å². The van der Waals surface area contributed by atoms with Gasteiger partial charge in [0.2, 0.25) is 41.4 Å². The lowest BCUT2D eigenvalue weighted by Gasteiger charge is -2.28. The van der Waals surface area contributed by atoms with Crippen molar-refractivity contribution in [2.24, 2.45) is 11.5 Å². The summed E-state index contributed by atoms with van der Waals surface area (Å²) in [5, 5.41) is 65.6. The second-order valence-electron chi connectivity index (χ2n) is 18.9. The van der Waals surface area contributed by atoms with Crippen LogP contribution < -0.4 is 48.7 Å². The van der Waals surface area contributed by atoms with Gasteiger partial charge in [0.25, 0.3) is 11.9 Å². The number of unbranched alkanes of at least 4 members (excludes halogenated alkanes) is 1. The van der Waals surface area contributed by atoms with Crippen LogP contribution in [0.1, 0.15) is 77.5 Å². The van der Waals surface area contributed by atoms with E-state index in [2.05, 4.69) is 42.2 Å². The molecule has 5 rings (SSSR count). The van der Waals surface area contributed by atoms with Crippen molar-refractivity contribution in [2.75, 3.05) is 24.7 Å². The summed E-state index contributed by atoms with van der Waals surface area (Å²) in [6.45, 7) is 4.43. The van der Waals surface area contributed by atoms with Crippen LogP contribution in [-0.4, -0.2) is 169 Å². The Kier molecular flexibility index (Phi) is 32.0. The molecule has 17 N–H and O–H groups in total. The summed E-state index contributed by atoms with van der Waals surface area (Å²) in [5.74, 6) is -7.31. The van der Waals surface area contributed by atoms with Crippen molar-refractivity contribution in [1.82, 2.24) is 42.2 Å². The fourth-order valence-electron chi connectivity index (χ4n) is 7.97. The number of carbonyl (C=O) groups excluding carboxylic acids is 7. The Morgan fingerprint density at radius 3 is 1.89 bits per heavy atom. The zero-order valence-corrected chi connectivity index (χ0v) is 46.7. The van der Waals surface area contributed by atoms with E-state index in [0.29, 0.717) is 24.9 Å². The molecule has 10 atom stereocenters. The number of carbonyl (C=O) groups is 9. The van der Waals surface area contributed by atoms with Crippen LogP contribution in [0.2, 0.25) is 0 Å². The number of aliphatic carboxylic acids is 2. The van der Waals surface area contributed by atoms with Gasteiger partial charge in [-0.2, -0.15) is 0 Å². The number of carboxylic acids is 2. The van der Waals surface area contributed by atoms with E-state index in [0.717, 1.165) is 57.5 Å². The number of aliphatic hydroxyl groups is 3. The Bertz CT molecular complexity index is 2610. The number of carboxylic acid groups (broad SMARTS) is 2. The summed E-state index contributed by atoms with van der Waals surface area (Å²) >= 11 is 0. The fraction of sp³-hybridized carbons (Fsp3) is 0.473. The molecule has 0 bridgehead atoms. The average Bonchev–Trinajstić information content (AvgIpc) is 3.82. The molecule has 0 spiro atoms. The van der Waals surface area contributed by atoms with Gasteiger partial charge in [0.1, 0.15) is 30.2 Å². The summed E-state index contributed by atoms with van der Waals surface area (Å²) < 4.78 is 0. The number of nitrogens with one attached hydrogen (secondary N) is 8. The van der Waals surface area contributed by atoms with Crippen LogP contribution in [0, 0.1) is 0 Å². The molecule has 24 nitrogen and oxygen atoms in total. The van der Waals surface area contributed by atoms with E-state index in [1.807, 2.05) is 42.5 Å². The van der Waals surface area contributed by atoms with Gasteiger partial charge in [0.15, 0.2) is 0 Å². The van der Waals surface area contributed by atoms with Crippen molar-refractivity contribution >= 4 is 85.8 Å². The molecule has 1 aliphatic heterocycles. The van der Waals surface area contributed by atoms with Gasteiger partial charge in [-0.05, 0) is 75.3 Å². The molecule has 1 aliphatic rings. The maximum atomic E-state index is 14.7. The number of fused-ring (bicyclic) bond motifs is 1. The molecule has 7 amide bonds. The van der Waals surface area contributed by atoms with Gasteiger partial charge < -0.3 is 79.2 Å². The van der Waals surface area contributed by atoms with Crippen molar-refractivity contribution in [3.63, 3.8) is 0 Å². The predicted molar refractivity (Wildman–Crippen MR) is 310 cm³/mol. The number of rotatable bonds is 17. The topological polar surface area (TPSA) is 407 Å². The Hall–Kier alpha value is -7.07. The van der Waals surface area contributed by atoms with E-state index in [-0.39, 0.29) is 51.0 Å². The molecule has 3 aromatic carbocycles. The molecule has 0 aliphatic carbocycles. The minimum atomic E-state index is -1.64. The third-order valence-corrected chi connectivity index (χ3v) is 14.5. The third-order valence-electron chi connectivity index (χ3n) is 12.1. The number of aliphatic hydroxyl groups excluding tert-OH is 3. The smallest absolute Gasteiger partial charge is 0.300 e. The Balaban J connectivity index is 0.00000233. The monoisotopic (exact) mass is 1170 g/mol. The quantitative estimate of drug-likeness (QED) is 0.0503. The molecule has 26 heteroatoms. The summed E-state index contributed by atoms with van der Waals surface area (Å²) in [6.07, 6.45) is -0.0154. The number of hydrogen-bond donors (Lipinski definition) is 15. The van der Waals surface area contributed by atoms with Crippen LogP contribution in [0.3, 0.4) is 0 Å². The first kappa shape index (κ1) is 70.0. The summed E-state index contributed by atoms with van der Waals surface area (Å²) in [5.41, 5.74) is 15.2. The van der Waals surface area contributed by atoms with Gasteiger partial charge in [0, 0.05) is 61.3 Å². The molecule has 1 fully saturated rings. The van der Waals surface area contributed by atoms with E-state index < -0.39 is 120 Å². The standard InChI is InChI=1S/C50H68N10O10S2.2C2H4O2.CH4/c1-29(62)40(26-61)57-49(69)42-28-72-71-27-41(58-45(65)36(52)21-31-13-5-3-6-14-31)48(68)56-39(22-32-15-7-4-8-16-32)47(67)54-34(23-33-25-53-37-18-10-9-17-35(33)37)24-43(64)55-38(19-11-12-20-51)46(66)60-44(30(2)63)50(70)59-42;2*1-2(3)4;/h3-10,13-18,25,29-30,34,36,38-42,44,53,61-63H,11-12,19-24,26-28,51-52H2,1-2H3,(H,54,67)(H,55,64)(H,56,68)(H,57,69)(H,58,65)(H,59,70)(H,60,66);2*1H3,(H,3,4);1H4/t29-,30?,34-,36-,38+,39+,40-,41+,42+,44+;;;/m1.../s1. The third kappa shape index (κ3) is 25.9. The molecule has 0 saturated carbocycles. The molecule has 2 heterocycles. The van der Waals surface area contributed by atoms with Crippen molar-refractivity contribution in [2.45, 2.75) is 141 Å². The van der Waals surface area contributed by atoms with Crippen LogP contribution in [0.25, 0.3) is 10.9 Å². The zero-order valence-electron chi connectivity index (χ0n) is 45.1. The highest BCUT2D eigenvalue weighted by molar-refractivity contribution is 8.76. The van der Waals surface area contributed by atoms with Crippen molar-refractivity contribution < 1.29 is 68.7 Å². The number of amides is 7. The van der Waals surface area contributed by atoms with Crippen molar-refractivity contribution in [3.8, 4) is 0 Å². The minimum Gasteiger partial charge on any atom is -0.481 e. The number of hydrogen-bond acceptors (Lipinski definition) is 16. The number of H-pyrrole nitrogens is 1. The Morgan fingerprint density at radius 2 is 1.30 bits per heavy atom. The van der Waals surface area contributed by atoms with Crippen LogP contribution in [0.5, 0.6) is 0 Å². The molecule has 446 valence electrons. The second-order valence-corrected chi connectivity index (χ2v) is 21.5. The lowest BCUT2D eigenvalue weighted by molar-refractivity contribution is -0.136. The van der Waals surface area contributed by atoms with Crippen LogP contribution in [0.15, 0.2) is 91.1 Å². The van der Waals surface area contributed by atoms with Gasteiger partial charge in [-0.1, -0.05) is 108 Å². The van der Waals surface area contributed by atoms with Crippen LogP contribution in [-0.2, 0) is 62.4 Å². The maximum absolute atomic E-state index is 14.7. The molecule has 1 saturated heterocycles. The number of aromatic nitrogens is 1. The molecule has 1 unspecified atom stereocenters. The van der Waals surface area contributed by atoms with Gasteiger partial charge in [-0.3, -0.25) is 43.2 Å². The molecular weight excluding hydrogens is 1090 g/mol. The number of nitrogens with two attached hydrogens (primary N) is 2. The highest BCUT2D eigenvalue weighted by atomic mass is 33.1. The first-order valence-electron chi connectivity index (χ1n) is 25.8. The lowest BCUT2D eigenvalue weighted by Crippen LogP contribution is -2.61. The maximum Gasteiger partial charge on any atom is 0.300 e. The van der Waals surface area contributed by atoms with Gasteiger partial charge in [-0.25, -0.2) is 0 Å². The van der Waals surface area contributed by atoms with E-state index in [1.165, 1.54) is 13.8 Å². The SMILES string of the molecule is C.CC(=O)O.CC(=O)O.CC(O)[C@@H]1NC(=O)[C@H](CCCCN)NC(=O)C[C@@H](Cc2c[nH]c3ccccc23)NC(=O)[C@H](Cc2ccccc2)NC(=O)[C@@H](NC(=O)[C@H](N)Cc2ccccc2)CSSC[C@@H](C(=O)N[C@H](CO)[C@@H](C)O)NC1=O. The largest absolute Gasteiger partial charge is 0.481 e. The first-order valence-corrected chi connectivity index (χ1v) is 28.3. The molecular formula is C55H80N10O14S2. The summed E-state index contributed by atoms with van der Waals surface area (Å²) in [4.78, 5) is 120. The summed E-state index contributed by atoms with van der Waals surface area (Å²) in [6, 6.07) is 15.5. The molecule has 1 aromatic heterocycles. The highest BCUT2D eigenvalue weighted by Crippen LogP contribution is 2.24. The molecule has 0 radical (unpaired) electrons. The van der Waals surface area contributed by atoms with Crippen LogP contribution >= 0.6 is 21.6 Å². The number of para-hydroxylation sites is 1. The van der Waals surface area contributed by atoms with E-state index in [4.69, 9.17) is 31.3 Å². The predicted octanol–water partition coefficient (Wildman–Crippen LogP) is 0.403. The van der Waals surface area contributed by atoms with Gasteiger partial charge in [-0.15, -0.1) is 0 Å². The van der Waals surface area contributed by atoms with Gasteiger partial charge in [0.05, 0.1) is 30.9 Å². The average molecular weight is 1170 g/mol. The van der Waals surface area contributed by atoms with E-state index in [1.54, 1.807) is 48.7 Å². The van der Waals surface area contributed by atoms with Crippen molar-refractivity contribution in [3.05, 3.63) is 108 Å². The Morgan fingerprint density at radius 1 is 0.716 bits per heavy atom. The first-order chi connectivity index (χ1) is 38.0. The number of benzene rings is 3. The second kappa shape index (κ2) is 37.0. The minimum absolute atomic E-state index is 0.